The van der Waals surface area contributed by atoms with Gasteiger partial charge in [0.15, 0.2) is 0 Å². The molecule has 90 valence electrons. The van der Waals surface area contributed by atoms with Crippen molar-refractivity contribution in [3.63, 3.8) is 0 Å². The second-order valence-electron chi connectivity index (χ2n) is 4.68. The Kier molecular flexibility index (Phi) is 3.16. The predicted molar refractivity (Wildman–Crippen MR) is 72.2 cm³/mol. The summed E-state index contributed by atoms with van der Waals surface area (Å²) in [4.78, 5) is 4.56. The lowest BCUT2D eigenvalue weighted by Gasteiger charge is -2.21. The third-order valence-corrected chi connectivity index (χ3v) is 4.20. The molecule has 3 heterocycles. The third-order valence-electron chi connectivity index (χ3n) is 3.53. The van der Waals surface area contributed by atoms with Gasteiger partial charge in [-0.3, -0.25) is 0 Å². The number of piperidine rings is 1. The molecule has 0 atom stereocenters. The summed E-state index contributed by atoms with van der Waals surface area (Å²) in [6, 6.07) is 4.12. The molecule has 0 aliphatic carbocycles. The SMILES string of the molecule is Brc1cccn2c(CC3CCNCC3)ncc12. The summed E-state index contributed by atoms with van der Waals surface area (Å²) < 4.78 is 3.32. The number of pyridine rings is 1. The van der Waals surface area contributed by atoms with Crippen molar-refractivity contribution in [2.45, 2.75) is 19.3 Å². The number of hydrogen-bond donors (Lipinski definition) is 1. The van der Waals surface area contributed by atoms with E-state index >= 15 is 0 Å². The van der Waals surface area contributed by atoms with Gasteiger partial charge in [-0.15, -0.1) is 0 Å². The first-order valence-electron chi connectivity index (χ1n) is 6.16. The van der Waals surface area contributed by atoms with Gasteiger partial charge in [-0.25, -0.2) is 4.98 Å². The predicted octanol–water partition coefficient (Wildman–Crippen LogP) is 2.64. The zero-order valence-electron chi connectivity index (χ0n) is 9.69. The van der Waals surface area contributed by atoms with Gasteiger partial charge in [0, 0.05) is 17.1 Å². The Bertz CT molecular complexity index is 514. The van der Waals surface area contributed by atoms with Crippen LogP contribution in [-0.4, -0.2) is 22.5 Å². The molecule has 0 amide bonds. The van der Waals surface area contributed by atoms with E-state index in [2.05, 4.69) is 49.0 Å². The standard InChI is InChI=1S/C13H16BrN3/c14-11-2-1-7-17-12(11)9-16-13(17)8-10-3-5-15-6-4-10/h1-2,7,9-10,15H,3-6,8H2. The molecular weight excluding hydrogens is 278 g/mol. The van der Waals surface area contributed by atoms with Crippen LogP contribution >= 0.6 is 15.9 Å². The van der Waals surface area contributed by atoms with E-state index < -0.39 is 0 Å². The Morgan fingerprint density at radius 1 is 1.41 bits per heavy atom. The Balaban J connectivity index is 1.87. The van der Waals surface area contributed by atoms with Crippen LogP contribution in [0.4, 0.5) is 0 Å². The van der Waals surface area contributed by atoms with Crippen LogP contribution < -0.4 is 5.32 Å². The average molecular weight is 294 g/mol. The molecule has 0 unspecified atom stereocenters. The molecule has 1 aliphatic heterocycles. The van der Waals surface area contributed by atoms with Crippen LogP contribution in [0.25, 0.3) is 5.52 Å². The van der Waals surface area contributed by atoms with Crippen LogP contribution in [0.1, 0.15) is 18.7 Å². The summed E-state index contributed by atoms with van der Waals surface area (Å²) in [7, 11) is 0. The molecule has 17 heavy (non-hydrogen) atoms. The molecule has 0 radical (unpaired) electrons. The molecule has 1 N–H and O–H groups in total. The number of nitrogens with zero attached hydrogens (tertiary/aromatic N) is 2. The van der Waals surface area contributed by atoms with Crippen LogP contribution in [0.15, 0.2) is 29.0 Å². The number of rotatable bonds is 2. The number of aromatic nitrogens is 2. The van der Waals surface area contributed by atoms with Gasteiger partial charge in [-0.2, -0.15) is 0 Å². The zero-order chi connectivity index (χ0) is 11.7. The van der Waals surface area contributed by atoms with E-state index in [0.29, 0.717) is 0 Å². The lowest BCUT2D eigenvalue weighted by molar-refractivity contribution is 0.367. The van der Waals surface area contributed by atoms with Gasteiger partial charge in [0.25, 0.3) is 0 Å². The fourth-order valence-corrected chi connectivity index (χ4v) is 2.98. The van der Waals surface area contributed by atoms with Crippen molar-refractivity contribution in [1.29, 1.82) is 0 Å². The van der Waals surface area contributed by atoms with Crippen molar-refractivity contribution in [3.05, 3.63) is 34.8 Å². The minimum Gasteiger partial charge on any atom is -0.317 e. The molecule has 2 aromatic heterocycles. The third kappa shape index (κ3) is 2.24. The first-order chi connectivity index (χ1) is 8.34. The van der Waals surface area contributed by atoms with Gasteiger partial charge in [0.2, 0.25) is 0 Å². The fraction of sp³-hybridized carbons (Fsp3) is 0.462. The number of hydrogen-bond acceptors (Lipinski definition) is 2. The average Bonchev–Trinajstić information content (AvgIpc) is 2.76. The van der Waals surface area contributed by atoms with E-state index in [1.54, 1.807) is 0 Å². The van der Waals surface area contributed by atoms with Crippen LogP contribution in [0, 0.1) is 5.92 Å². The van der Waals surface area contributed by atoms with Gasteiger partial charge >= 0.3 is 0 Å². The molecule has 0 spiro atoms. The maximum Gasteiger partial charge on any atom is 0.113 e. The summed E-state index contributed by atoms with van der Waals surface area (Å²) >= 11 is 3.56. The quantitative estimate of drug-likeness (QED) is 0.922. The highest BCUT2D eigenvalue weighted by Gasteiger charge is 2.16. The van der Waals surface area contributed by atoms with E-state index in [4.69, 9.17) is 0 Å². The first kappa shape index (κ1) is 11.2. The van der Waals surface area contributed by atoms with Crippen molar-refractivity contribution >= 4 is 21.4 Å². The monoisotopic (exact) mass is 293 g/mol. The molecule has 1 fully saturated rings. The van der Waals surface area contributed by atoms with Crippen molar-refractivity contribution in [1.82, 2.24) is 14.7 Å². The smallest absolute Gasteiger partial charge is 0.113 e. The highest BCUT2D eigenvalue weighted by atomic mass is 79.9. The highest BCUT2D eigenvalue weighted by molar-refractivity contribution is 9.10. The Hall–Kier alpha value is -0.870. The number of imidazole rings is 1. The van der Waals surface area contributed by atoms with Gasteiger partial charge in [-0.1, -0.05) is 0 Å². The normalized spacial score (nSPS) is 17.7. The number of fused-ring (bicyclic) bond motifs is 1. The summed E-state index contributed by atoms with van der Waals surface area (Å²) in [6.07, 6.45) is 7.68. The van der Waals surface area contributed by atoms with Crippen molar-refractivity contribution in [2.24, 2.45) is 5.92 Å². The highest BCUT2D eigenvalue weighted by Crippen LogP contribution is 2.22. The largest absolute Gasteiger partial charge is 0.317 e. The van der Waals surface area contributed by atoms with E-state index in [1.165, 1.54) is 18.7 Å². The van der Waals surface area contributed by atoms with Crippen molar-refractivity contribution < 1.29 is 0 Å². The Morgan fingerprint density at radius 2 is 2.24 bits per heavy atom. The zero-order valence-corrected chi connectivity index (χ0v) is 11.3. The van der Waals surface area contributed by atoms with Crippen molar-refractivity contribution in [3.8, 4) is 0 Å². The fourth-order valence-electron chi connectivity index (χ4n) is 2.54. The topological polar surface area (TPSA) is 29.3 Å². The molecule has 0 saturated carbocycles. The molecule has 0 aromatic carbocycles. The second kappa shape index (κ2) is 4.78. The summed E-state index contributed by atoms with van der Waals surface area (Å²) in [5, 5.41) is 3.41. The molecule has 1 saturated heterocycles. The van der Waals surface area contributed by atoms with Crippen LogP contribution in [0.3, 0.4) is 0 Å². The molecule has 3 nitrogen and oxygen atoms in total. The van der Waals surface area contributed by atoms with Gasteiger partial charge < -0.3 is 9.72 Å². The Labute approximate surface area is 109 Å². The Morgan fingerprint density at radius 3 is 3.06 bits per heavy atom. The van der Waals surface area contributed by atoms with E-state index in [0.717, 1.165) is 35.4 Å². The molecule has 3 rings (SSSR count). The lowest BCUT2D eigenvalue weighted by Crippen LogP contribution is -2.29. The maximum atomic E-state index is 4.56. The van der Waals surface area contributed by atoms with E-state index in [-0.39, 0.29) is 0 Å². The first-order valence-corrected chi connectivity index (χ1v) is 6.95. The minimum absolute atomic E-state index is 0.779. The van der Waals surface area contributed by atoms with E-state index in [9.17, 15) is 0 Å². The van der Waals surface area contributed by atoms with Crippen molar-refractivity contribution in [2.75, 3.05) is 13.1 Å². The summed E-state index contributed by atoms with van der Waals surface area (Å²) in [5.41, 5.74) is 1.16. The molecule has 0 bridgehead atoms. The van der Waals surface area contributed by atoms with E-state index in [1.807, 2.05) is 6.20 Å². The van der Waals surface area contributed by atoms with Gasteiger partial charge in [-0.05, 0) is 59.9 Å². The van der Waals surface area contributed by atoms with Crippen LogP contribution in [0.2, 0.25) is 0 Å². The maximum absolute atomic E-state index is 4.56. The molecule has 2 aromatic rings. The summed E-state index contributed by atoms with van der Waals surface area (Å²) in [6.45, 7) is 2.30. The number of halogens is 1. The summed E-state index contributed by atoms with van der Waals surface area (Å²) in [5.74, 6) is 1.97. The lowest BCUT2D eigenvalue weighted by atomic mass is 9.94. The van der Waals surface area contributed by atoms with Crippen LogP contribution in [0.5, 0.6) is 0 Å². The minimum atomic E-state index is 0.779. The molecule has 4 heteroatoms. The molecule has 1 aliphatic rings. The van der Waals surface area contributed by atoms with Gasteiger partial charge in [0.05, 0.1) is 11.7 Å². The second-order valence-corrected chi connectivity index (χ2v) is 5.54. The van der Waals surface area contributed by atoms with Crippen LogP contribution in [-0.2, 0) is 6.42 Å². The number of nitrogens with one attached hydrogen (secondary N) is 1. The van der Waals surface area contributed by atoms with Gasteiger partial charge in [0.1, 0.15) is 5.82 Å². The molecular formula is C13H16BrN3.